The molecule has 0 amide bonds. The van der Waals surface area contributed by atoms with Gasteiger partial charge in [0.1, 0.15) is 16.5 Å². The first-order valence-corrected chi connectivity index (χ1v) is 8.36. The van der Waals surface area contributed by atoms with E-state index in [1.54, 1.807) is 12.1 Å². The van der Waals surface area contributed by atoms with Gasteiger partial charge >= 0.3 is 0 Å². The third-order valence-corrected chi connectivity index (χ3v) is 4.52. The van der Waals surface area contributed by atoms with Gasteiger partial charge in [-0.05, 0) is 55.7 Å². The van der Waals surface area contributed by atoms with Gasteiger partial charge in [-0.25, -0.2) is 0 Å². The molecule has 0 N–H and O–H groups in total. The second-order valence-corrected chi connectivity index (χ2v) is 6.12. The topological polar surface area (TPSA) is 55.6 Å². The van der Waals surface area contributed by atoms with E-state index in [9.17, 15) is 10.1 Å². The molecule has 1 aliphatic heterocycles. The Hall–Kier alpha value is -2.47. The van der Waals surface area contributed by atoms with Crippen LogP contribution in [0, 0.1) is 10.1 Å². The molecule has 1 saturated heterocycles. The van der Waals surface area contributed by atoms with E-state index in [1.165, 1.54) is 31.4 Å². The number of likely N-dealkylation sites (tertiary alicyclic amines) is 1. The van der Waals surface area contributed by atoms with E-state index in [0.29, 0.717) is 11.5 Å². The Labute approximate surface area is 146 Å². The molecule has 0 aliphatic carbocycles. The largest absolute Gasteiger partial charge is 0.457 e. The molecule has 24 heavy (non-hydrogen) atoms. The van der Waals surface area contributed by atoms with E-state index in [0.717, 1.165) is 23.6 Å². The Kier molecular flexibility index (Phi) is 5.05. The molecule has 1 heterocycles. The van der Waals surface area contributed by atoms with Crippen LogP contribution in [0.4, 0.5) is 5.69 Å². The van der Waals surface area contributed by atoms with Crippen molar-refractivity contribution in [1.82, 2.24) is 4.90 Å². The lowest BCUT2D eigenvalue weighted by Gasteiger charge is -2.29. The van der Waals surface area contributed by atoms with Crippen LogP contribution in [0.5, 0.6) is 11.5 Å². The minimum atomic E-state index is -0.430. The number of nitrogens with zero attached hydrogens (tertiary/aromatic N) is 2. The van der Waals surface area contributed by atoms with E-state index in [2.05, 4.69) is 4.90 Å². The van der Waals surface area contributed by atoms with Crippen molar-refractivity contribution < 1.29 is 9.66 Å². The lowest BCUT2D eigenvalue weighted by Crippen LogP contribution is -2.34. The van der Waals surface area contributed by atoms with Crippen molar-refractivity contribution in [2.24, 2.45) is 0 Å². The van der Waals surface area contributed by atoms with E-state index in [1.807, 2.05) is 24.3 Å². The van der Waals surface area contributed by atoms with Gasteiger partial charge in [0.05, 0.1) is 4.92 Å². The number of ether oxygens (including phenoxy) is 1. The molecule has 124 valence electrons. The van der Waals surface area contributed by atoms with Crippen LogP contribution < -0.4 is 4.74 Å². The molecule has 0 radical (unpaired) electrons. The highest BCUT2D eigenvalue weighted by atomic mass is 32.1. The molecule has 3 rings (SSSR count). The summed E-state index contributed by atoms with van der Waals surface area (Å²) >= 11 is 5.57. The minimum absolute atomic E-state index is 0.0459. The van der Waals surface area contributed by atoms with Gasteiger partial charge in [-0.2, -0.15) is 0 Å². The number of rotatable bonds is 4. The summed E-state index contributed by atoms with van der Waals surface area (Å²) in [5, 5.41) is 10.7. The molecule has 0 aromatic heterocycles. The molecule has 2 aromatic carbocycles. The van der Waals surface area contributed by atoms with Crippen LogP contribution in [-0.4, -0.2) is 27.9 Å². The van der Waals surface area contributed by atoms with Gasteiger partial charge in [0.15, 0.2) is 0 Å². The highest BCUT2D eigenvalue weighted by molar-refractivity contribution is 7.80. The Bertz CT molecular complexity index is 723. The Morgan fingerprint density at radius 1 is 0.958 bits per heavy atom. The second-order valence-electron chi connectivity index (χ2n) is 5.73. The fraction of sp³-hybridized carbons (Fsp3) is 0.278. The molecule has 0 atom stereocenters. The first-order chi connectivity index (χ1) is 11.6. The van der Waals surface area contributed by atoms with Gasteiger partial charge in [-0.1, -0.05) is 12.2 Å². The lowest BCUT2D eigenvalue weighted by atomic mass is 10.1. The average Bonchev–Trinajstić information content (AvgIpc) is 2.63. The molecule has 0 unspecified atom stereocenters. The smallest absolute Gasteiger partial charge is 0.269 e. The number of nitro benzene ring substituents is 1. The number of hydrogen-bond acceptors (Lipinski definition) is 4. The van der Waals surface area contributed by atoms with Crippen molar-refractivity contribution in [3.63, 3.8) is 0 Å². The Morgan fingerprint density at radius 3 is 2.04 bits per heavy atom. The number of benzene rings is 2. The third kappa shape index (κ3) is 3.89. The van der Waals surface area contributed by atoms with Gasteiger partial charge < -0.3 is 9.64 Å². The summed E-state index contributed by atoms with van der Waals surface area (Å²) in [5.74, 6) is 1.24. The molecule has 1 aliphatic rings. The van der Waals surface area contributed by atoms with E-state index in [4.69, 9.17) is 17.0 Å². The predicted octanol–water partition coefficient (Wildman–Crippen LogP) is 4.55. The first-order valence-electron chi connectivity index (χ1n) is 7.95. The van der Waals surface area contributed by atoms with Crippen LogP contribution in [0.2, 0.25) is 0 Å². The van der Waals surface area contributed by atoms with Crippen molar-refractivity contribution >= 4 is 22.9 Å². The maximum absolute atomic E-state index is 10.7. The standard InChI is InChI=1S/C18H18N2O3S/c21-20(22)15-6-10-17(11-7-15)23-16-8-4-14(5-9-16)18(24)19-12-2-1-3-13-19/h4-11H,1-3,12-13H2. The Morgan fingerprint density at radius 2 is 1.50 bits per heavy atom. The van der Waals surface area contributed by atoms with Crippen molar-refractivity contribution in [2.75, 3.05) is 13.1 Å². The summed E-state index contributed by atoms with van der Waals surface area (Å²) < 4.78 is 5.71. The van der Waals surface area contributed by atoms with Gasteiger partial charge in [-0.15, -0.1) is 0 Å². The zero-order valence-corrected chi connectivity index (χ0v) is 14.0. The number of non-ortho nitro benzene ring substituents is 1. The maximum atomic E-state index is 10.7. The number of piperidine rings is 1. The highest BCUT2D eigenvalue weighted by Crippen LogP contribution is 2.24. The average molecular weight is 342 g/mol. The summed E-state index contributed by atoms with van der Waals surface area (Å²) in [5.41, 5.74) is 1.06. The minimum Gasteiger partial charge on any atom is -0.457 e. The van der Waals surface area contributed by atoms with Gasteiger partial charge in [-0.3, -0.25) is 10.1 Å². The van der Waals surface area contributed by atoms with Gasteiger partial charge in [0, 0.05) is 30.8 Å². The van der Waals surface area contributed by atoms with Crippen molar-refractivity contribution in [3.05, 3.63) is 64.2 Å². The van der Waals surface area contributed by atoms with Crippen LogP contribution in [0.3, 0.4) is 0 Å². The molecular formula is C18H18N2O3S. The zero-order valence-electron chi connectivity index (χ0n) is 13.2. The van der Waals surface area contributed by atoms with Crippen molar-refractivity contribution in [2.45, 2.75) is 19.3 Å². The summed E-state index contributed by atoms with van der Waals surface area (Å²) in [7, 11) is 0. The first kappa shape index (κ1) is 16.4. The van der Waals surface area contributed by atoms with Crippen molar-refractivity contribution in [1.29, 1.82) is 0 Å². The number of hydrogen-bond donors (Lipinski definition) is 0. The monoisotopic (exact) mass is 342 g/mol. The van der Waals surface area contributed by atoms with Crippen LogP contribution in [0.1, 0.15) is 24.8 Å². The van der Waals surface area contributed by atoms with E-state index >= 15 is 0 Å². The summed E-state index contributed by atoms with van der Waals surface area (Å²) in [4.78, 5) is 13.4. The summed E-state index contributed by atoms with van der Waals surface area (Å²) in [6, 6.07) is 13.7. The quantitative estimate of drug-likeness (QED) is 0.463. The Balaban J connectivity index is 1.65. The normalized spacial score (nSPS) is 14.2. The molecule has 1 fully saturated rings. The number of nitro groups is 1. The van der Waals surface area contributed by atoms with E-state index < -0.39 is 4.92 Å². The summed E-state index contributed by atoms with van der Waals surface area (Å²) in [6.07, 6.45) is 3.67. The van der Waals surface area contributed by atoms with Crippen LogP contribution in [0.25, 0.3) is 0 Å². The van der Waals surface area contributed by atoms with E-state index in [-0.39, 0.29) is 5.69 Å². The third-order valence-electron chi connectivity index (χ3n) is 4.03. The van der Waals surface area contributed by atoms with Gasteiger partial charge in [0.25, 0.3) is 5.69 Å². The highest BCUT2D eigenvalue weighted by Gasteiger charge is 2.14. The molecule has 0 spiro atoms. The summed E-state index contributed by atoms with van der Waals surface area (Å²) in [6.45, 7) is 2.06. The van der Waals surface area contributed by atoms with Crippen molar-refractivity contribution in [3.8, 4) is 11.5 Å². The SMILES string of the molecule is O=[N+]([O-])c1ccc(Oc2ccc(C(=S)N3CCCCC3)cc2)cc1. The molecule has 5 nitrogen and oxygen atoms in total. The molecule has 0 saturated carbocycles. The molecular weight excluding hydrogens is 324 g/mol. The fourth-order valence-corrected chi connectivity index (χ4v) is 3.04. The second kappa shape index (κ2) is 7.40. The maximum Gasteiger partial charge on any atom is 0.269 e. The zero-order chi connectivity index (χ0) is 16.9. The molecule has 6 heteroatoms. The van der Waals surface area contributed by atoms with Crippen LogP contribution >= 0.6 is 12.2 Å². The number of thiocarbonyl (C=S) groups is 1. The molecule has 0 bridgehead atoms. The van der Waals surface area contributed by atoms with Gasteiger partial charge in [0.2, 0.25) is 0 Å². The van der Waals surface area contributed by atoms with Crippen LogP contribution in [0.15, 0.2) is 48.5 Å². The lowest BCUT2D eigenvalue weighted by molar-refractivity contribution is -0.384. The molecule has 2 aromatic rings. The van der Waals surface area contributed by atoms with Crippen LogP contribution in [-0.2, 0) is 0 Å². The predicted molar refractivity (Wildman–Crippen MR) is 96.7 cm³/mol. The fourth-order valence-electron chi connectivity index (χ4n) is 2.72.